The Morgan fingerprint density at radius 2 is 1.89 bits per heavy atom. The molecule has 27 heavy (non-hydrogen) atoms. The number of carbonyl (C=O) groups excluding carboxylic acids is 2. The highest BCUT2D eigenvalue weighted by Crippen LogP contribution is 2.31. The van der Waals surface area contributed by atoms with E-state index in [2.05, 4.69) is 21.6 Å². The van der Waals surface area contributed by atoms with Crippen molar-refractivity contribution in [1.29, 1.82) is 0 Å². The van der Waals surface area contributed by atoms with Gasteiger partial charge in [0.25, 0.3) is 0 Å². The van der Waals surface area contributed by atoms with Crippen molar-refractivity contribution in [2.24, 2.45) is 7.05 Å². The summed E-state index contributed by atoms with van der Waals surface area (Å²) in [5.74, 6) is -0.674. The van der Waals surface area contributed by atoms with E-state index in [9.17, 15) is 14.4 Å². The highest BCUT2D eigenvalue weighted by Gasteiger charge is 2.41. The van der Waals surface area contributed by atoms with Crippen molar-refractivity contribution in [2.75, 3.05) is 13.1 Å². The molecule has 2 bridgehead atoms. The Kier molecular flexibility index (Phi) is 3.73. The predicted octanol–water partition coefficient (Wildman–Crippen LogP) is -0.136. The van der Waals surface area contributed by atoms with E-state index in [-0.39, 0.29) is 18.0 Å². The van der Waals surface area contributed by atoms with Gasteiger partial charge in [0.1, 0.15) is 6.04 Å². The number of piperazine rings is 1. The first-order chi connectivity index (χ1) is 13.0. The van der Waals surface area contributed by atoms with Gasteiger partial charge < -0.3 is 5.32 Å². The van der Waals surface area contributed by atoms with Gasteiger partial charge in [-0.25, -0.2) is 4.79 Å². The molecule has 0 spiro atoms. The van der Waals surface area contributed by atoms with Crippen LogP contribution < -0.4 is 16.3 Å². The fourth-order valence-electron chi connectivity index (χ4n) is 4.77. The molecule has 4 heterocycles. The van der Waals surface area contributed by atoms with Crippen LogP contribution >= 0.6 is 0 Å². The molecule has 3 aliphatic heterocycles. The standard InChI is InChI=1S/C19H23N5O3/c1-22-16-6-11(10-23-12-7-13(23)9-20-8-12)2-3-14(16)24(19(22)27)15-4-5-17(25)21-18(15)26/h2-3,6,12-13,15,20H,4-5,7-10H2,1H3,(H,21,25,26). The lowest BCUT2D eigenvalue weighted by molar-refractivity contribution is -0.135. The Balaban J connectivity index is 1.49. The molecule has 2 N–H and O–H groups in total. The van der Waals surface area contributed by atoms with Gasteiger partial charge in [0.05, 0.1) is 11.0 Å². The summed E-state index contributed by atoms with van der Waals surface area (Å²) in [6.07, 6.45) is 1.87. The minimum absolute atomic E-state index is 0.221. The summed E-state index contributed by atoms with van der Waals surface area (Å²) < 4.78 is 3.13. The van der Waals surface area contributed by atoms with Gasteiger partial charge in [0, 0.05) is 45.2 Å². The van der Waals surface area contributed by atoms with Crippen LogP contribution in [0.3, 0.4) is 0 Å². The number of carbonyl (C=O) groups is 2. The third-order valence-corrected chi connectivity index (χ3v) is 6.28. The summed E-state index contributed by atoms with van der Waals surface area (Å²) in [4.78, 5) is 39.0. The second kappa shape index (κ2) is 6.03. The molecule has 2 aromatic rings. The minimum atomic E-state index is -0.634. The van der Waals surface area contributed by atoms with Crippen LogP contribution in [0.15, 0.2) is 23.0 Å². The number of amides is 2. The fraction of sp³-hybridized carbons (Fsp3) is 0.526. The Morgan fingerprint density at radius 3 is 2.59 bits per heavy atom. The van der Waals surface area contributed by atoms with E-state index in [0.29, 0.717) is 18.5 Å². The fourth-order valence-corrected chi connectivity index (χ4v) is 4.77. The lowest BCUT2D eigenvalue weighted by Gasteiger charge is -2.53. The number of benzene rings is 1. The number of hydrogen-bond acceptors (Lipinski definition) is 5. The average molecular weight is 369 g/mol. The van der Waals surface area contributed by atoms with E-state index in [0.717, 1.165) is 30.7 Å². The molecule has 8 heteroatoms. The number of piperidine rings is 2. The van der Waals surface area contributed by atoms with Crippen LogP contribution in [0.2, 0.25) is 0 Å². The average Bonchev–Trinajstić information content (AvgIpc) is 2.91. The zero-order valence-electron chi connectivity index (χ0n) is 15.3. The summed E-state index contributed by atoms with van der Waals surface area (Å²) in [6.45, 7) is 2.97. The molecule has 2 amide bonds. The first kappa shape index (κ1) is 16.7. The maximum Gasteiger partial charge on any atom is 0.329 e. The van der Waals surface area contributed by atoms with Gasteiger partial charge >= 0.3 is 5.69 Å². The summed E-state index contributed by atoms with van der Waals surface area (Å²) in [5, 5.41) is 5.79. The topological polar surface area (TPSA) is 88.4 Å². The largest absolute Gasteiger partial charge is 0.329 e. The monoisotopic (exact) mass is 369 g/mol. The van der Waals surface area contributed by atoms with Gasteiger partial charge in [-0.1, -0.05) is 6.07 Å². The number of nitrogens with zero attached hydrogens (tertiary/aromatic N) is 3. The molecule has 0 saturated carbocycles. The molecule has 8 nitrogen and oxygen atoms in total. The Hall–Kier alpha value is -2.45. The Bertz CT molecular complexity index is 993. The smallest absolute Gasteiger partial charge is 0.314 e. The number of nitrogens with one attached hydrogen (secondary N) is 2. The second-order valence-corrected chi connectivity index (χ2v) is 7.88. The van der Waals surface area contributed by atoms with Crippen LogP contribution in [0.25, 0.3) is 11.0 Å². The summed E-state index contributed by atoms with van der Waals surface area (Å²) >= 11 is 0. The molecule has 142 valence electrons. The highest BCUT2D eigenvalue weighted by molar-refractivity contribution is 6.00. The molecular formula is C19H23N5O3. The zero-order valence-corrected chi connectivity index (χ0v) is 15.3. The van der Waals surface area contributed by atoms with Crippen LogP contribution in [-0.4, -0.2) is 51.0 Å². The van der Waals surface area contributed by atoms with Crippen molar-refractivity contribution in [2.45, 2.75) is 43.9 Å². The maximum absolute atomic E-state index is 12.8. The number of aromatic nitrogens is 2. The normalized spacial score (nSPS) is 28.3. The number of imidazole rings is 1. The van der Waals surface area contributed by atoms with Gasteiger partial charge in [0.2, 0.25) is 11.8 Å². The third-order valence-electron chi connectivity index (χ3n) is 6.28. The van der Waals surface area contributed by atoms with Gasteiger partial charge in [-0.05, 0) is 30.5 Å². The quantitative estimate of drug-likeness (QED) is 0.736. The molecule has 0 aliphatic carbocycles. The molecule has 3 saturated heterocycles. The van der Waals surface area contributed by atoms with E-state index in [4.69, 9.17) is 0 Å². The van der Waals surface area contributed by atoms with Gasteiger partial charge in [-0.2, -0.15) is 0 Å². The number of rotatable bonds is 3. The van der Waals surface area contributed by atoms with E-state index in [1.807, 2.05) is 12.1 Å². The first-order valence-electron chi connectivity index (χ1n) is 9.53. The molecule has 3 aliphatic rings. The van der Waals surface area contributed by atoms with Crippen LogP contribution in [0.4, 0.5) is 0 Å². The summed E-state index contributed by atoms with van der Waals surface area (Å²) in [6, 6.07) is 6.62. The number of hydrogen-bond donors (Lipinski definition) is 2. The summed E-state index contributed by atoms with van der Waals surface area (Å²) in [5.41, 5.74) is 2.52. The summed E-state index contributed by atoms with van der Waals surface area (Å²) in [7, 11) is 1.74. The lowest BCUT2D eigenvalue weighted by atomic mass is 9.88. The lowest BCUT2D eigenvalue weighted by Crippen LogP contribution is -2.67. The third kappa shape index (κ3) is 2.55. The van der Waals surface area contributed by atoms with Crippen LogP contribution in [0.5, 0.6) is 0 Å². The van der Waals surface area contributed by atoms with Crippen LogP contribution in [0.1, 0.15) is 30.9 Å². The van der Waals surface area contributed by atoms with Gasteiger partial charge in [-0.15, -0.1) is 0 Å². The molecule has 3 atom stereocenters. The maximum atomic E-state index is 12.8. The van der Waals surface area contributed by atoms with Crippen molar-refractivity contribution in [3.05, 3.63) is 34.2 Å². The molecule has 3 unspecified atom stereocenters. The molecule has 5 rings (SSSR count). The van der Waals surface area contributed by atoms with Crippen molar-refractivity contribution in [3.8, 4) is 0 Å². The SMILES string of the molecule is Cn1c(=O)n(C2CCC(=O)NC2=O)c2ccc(CN3C4CNCC3C4)cc21. The molecule has 1 aromatic heterocycles. The van der Waals surface area contributed by atoms with Crippen molar-refractivity contribution < 1.29 is 9.59 Å². The molecule has 1 aromatic carbocycles. The molecule has 3 fully saturated rings. The first-order valence-corrected chi connectivity index (χ1v) is 9.53. The molecule has 0 radical (unpaired) electrons. The Labute approximate surface area is 156 Å². The predicted molar refractivity (Wildman–Crippen MR) is 99.2 cm³/mol. The second-order valence-electron chi connectivity index (χ2n) is 7.88. The van der Waals surface area contributed by atoms with Crippen molar-refractivity contribution in [3.63, 3.8) is 0 Å². The number of fused-ring (bicyclic) bond motifs is 3. The minimum Gasteiger partial charge on any atom is -0.314 e. The van der Waals surface area contributed by atoms with Crippen LogP contribution in [0, 0.1) is 0 Å². The van der Waals surface area contributed by atoms with Gasteiger partial charge in [0.15, 0.2) is 0 Å². The number of aryl methyl sites for hydroxylation is 1. The Morgan fingerprint density at radius 1 is 1.11 bits per heavy atom. The van der Waals surface area contributed by atoms with E-state index >= 15 is 0 Å². The number of imide groups is 1. The molecular weight excluding hydrogens is 346 g/mol. The van der Waals surface area contributed by atoms with Crippen LogP contribution in [-0.2, 0) is 23.2 Å². The van der Waals surface area contributed by atoms with E-state index < -0.39 is 11.9 Å². The van der Waals surface area contributed by atoms with E-state index in [1.165, 1.54) is 16.6 Å². The highest BCUT2D eigenvalue weighted by atomic mass is 16.2. The van der Waals surface area contributed by atoms with E-state index in [1.54, 1.807) is 11.6 Å². The van der Waals surface area contributed by atoms with Crippen molar-refractivity contribution >= 4 is 22.8 Å². The van der Waals surface area contributed by atoms with Crippen molar-refractivity contribution in [1.82, 2.24) is 24.7 Å². The zero-order chi connectivity index (χ0) is 18.7. The van der Waals surface area contributed by atoms with Gasteiger partial charge in [-0.3, -0.25) is 28.9 Å².